The van der Waals surface area contributed by atoms with Gasteiger partial charge in [-0.25, -0.2) is 0 Å². The van der Waals surface area contributed by atoms with Crippen molar-refractivity contribution in [3.8, 4) is 17.0 Å². The zero-order valence-electron chi connectivity index (χ0n) is 17.1. The van der Waals surface area contributed by atoms with E-state index in [1.54, 1.807) is 0 Å². The van der Waals surface area contributed by atoms with Crippen molar-refractivity contribution in [1.29, 1.82) is 0 Å². The Bertz CT molecular complexity index is 654. The molecule has 1 aliphatic rings. The minimum Gasteiger partial charge on any atom is -0.493 e. The highest BCUT2D eigenvalue weighted by molar-refractivity contribution is 5.60. The van der Waals surface area contributed by atoms with E-state index < -0.39 is 0 Å². The third kappa shape index (κ3) is 6.09. The zero-order chi connectivity index (χ0) is 18.9. The Labute approximate surface area is 165 Å². The molecule has 1 aromatic carbocycles. The number of unbranched alkanes of at least 4 members (excludes halogenated alkanes) is 2. The van der Waals surface area contributed by atoms with Gasteiger partial charge in [0.05, 0.1) is 12.3 Å². The molecular weight excluding hydrogens is 330 g/mol. The maximum Gasteiger partial charge on any atom is 0.119 e. The number of nitrogens with zero attached hydrogens (tertiary/aromatic N) is 1. The molecule has 0 unspecified atom stereocenters. The van der Waals surface area contributed by atoms with E-state index in [0.29, 0.717) is 0 Å². The summed E-state index contributed by atoms with van der Waals surface area (Å²) < 4.78 is 6.06. The van der Waals surface area contributed by atoms with Gasteiger partial charge in [0.2, 0.25) is 0 Å². The van der Waals surface area contributed by atoms with Crippen LogP contribution in [0.2, 0.25) is 0 Å². The second-order valence-corrected chi connectivity index (χ2v) is 8.14. The van der Waals surface area contributed by atoms with E-state index in [1.165, 1.54) is 56.9 Å². The summed E-state index contributed by atoms with van der Waals surface area (Å²) in [4.78, 5) is 4.65. The van der Waals surface area contributed by atoms with Crippen LogP contribution in [0.15, 0.2) is 42.6 Å². The van der Waals surface area contributed by atoms with Crippen molar-refractivity contribution < 1.29 is 4.74 Å². The molecule has 0 amide bonds. The summed E-state index contributed by atoms with van der Waals surface area (Å²) >= 11 is 0. The fourth-order valence-corrected chi connectivity index (χ4v) is 4.06. The molecule has 0 saturated heterocycles. The molecule has 0 aliphatic heterocycles. The molecular formula is C25H35NO. The maximum absolute atomic E-state index is 6.06. The van der Waals surface area contributed by atoms with E-state index in [-0.39, 0.29) is 0 Å². The lowest BCUT2D eigenvalue weighted by molar-refractivity contribution is 0.181. The summed E-state index contributed by atoms with van der Waals surface area (Å²) in [5.74, 6) is 2.66. The second kappa shape index (κ2) is 10.5. The normalized spacial score (nSPS) is 19.8. The average Bonchev–Trinajstić information content (AvgIpc) is 2.74. The van der Waals surface area contributed by atoms with E-state index in [4.69, 9.17) is 4.74 Å². The topological polar surface area (TPSA) is 22.1 Å². The first kappa shape index (κ1) is 19.9. The van der Waals surface area contributed by atoms with Gasteiger partial charge in [-0.15, -0.1) is 0 Å². The van der Waals surface area contributed by atoms with Crippen molar-refractivity contribution >= 4 is 0 Å². The number of aryl methyl sites for hydroxylation is 1. The molecule has 0 spiro atoms. The SMILES string of the molecule is CCCCCc1ccc(-c2ccc(OCC3CCC(CC)CC3)cc2)nc1. The quantitative estimate of drug-likeness (QED) is 0.443. The predicted molar refractivity (Wildman–Crippen MR) is 114 cm³/mol. The largest absolute Gasteiger partial charge is 0.493 e. The zero-order valence-corrected chi connectivity index (χ0v) is 17.1. The first-order valence-corrected chi connectivity index (χ1v) is 11.0. The number of hydrogen-bond acceptors (Lipinski definition) is 2. The summed E-state index contributed by atoms with van der Waals surface area (Å²) in [5, 5.41) is 0. The van der Waals surface area contributed by atoms with Crippen molar-refractivity contribution in [3.05, 3.63) is 48.2 Å². The first-order chi connectivity index (χ1) is 13.3. The molecule has 0 radical (unpaired) electrons. The van der Waals surface area contributed by atoms with E-state index >= 15 is 0 Å². The highest BCUT2D eigenvalue weighted by Crippen LogP contribution is 2.31. The molecule has 3 rings (SSSR count). The van der Waals surface area contributed by atoms with Crippen LogP contribution < -0.4 is 4.74 Å². The van der Waals surface area contributed by atoms with Crippen LogP contribution in [0, 0.1) is 11.8 Å². The summed E-state index contributed by atoms with van der Waals surface area (Å²) in [6.07, 6.45) is 13.7. The van der Waals surface area contributed by atoms with Crippen LogP contribution in [0.5, 0.6) is 5.75 Å². The molecule has 1 fully saturated rings. The molecule has 0 atom stereocenters. The van der Waals surface area contributed by atoms with Gasteiger partial charge < -0.3 is 4.74 Å². The smallest absolute Gasteiger partial charge is 0.119 e. The highest BCUT2D eigenvalue weighted by Gasteiger charge is 2.20. The van der Waals surface area contributed by atoms with Gasteiger partial charge in [-0.3, -0.25) is 4.98 Å². The summed E-state index contributed by atoms with van der Waals surface area (Å²) in [7, 11) is 0. The van der Waals surface area contributed by atoms with E-state index in [0.717, 1.165) is 41.9 Å². The van der Waals surface area contributed by atoms with Crippen molar-refractivity contribution in [2.45, 2.75) is 71.6 Å². The second-order valence-electron chi connectivity index (χ2n) is 8.14. The first-order valence-electron chi connectivity index (χ1n) is 11.0. The van der Waals surface area contributed by atoms with Gasteiger partial charge in [0.25, 0.3) is 0 Å². The minimum absolute atomic E-state index is 0.731. The standard InChI is InChI=1S/C25H35NO/c1-3-5-6-7-21-12-17-25(26-18-21)23-13-15-24(16-14-23)27-19-22-10-8-20(4-2)9-11-22/h12-18,20,22H,3-11,19H2,1-2H3. The van der Waals surface area contributed by atoms with Gasteiger partial charge in [-0.1, -0.05) is 52.0 Å². The van der Waals surface area contributed by atoms with E-state index in [1.807, 2.05) is 6.20 Å². The van der Waals surface area contributed by atoms with E-state index in [2.05, 4.69) is 55.2 Å². The van der Waals surface area contributed by atoms with Crippen molar-refractivity contribution in [2.24, 2.45) is 11.8 Å². The molecule has 2 nitrogen and oxygen atoms in total. The Balaban J connectivity index is 1.48. The Kier molecular flexibility index (Phi) is 7.74. The lowest BCUT2D eigenvalue weighted by atomic mass is 9.81. The third-order valence-electron chi connectivity index (χ3n) is 6.07. The monoisotopic (exact) mass is 365 g/mol. The van der Waals surface area contributed by atoms with Crippen LogP contribution in [0.3, 0.4) is 0 Å². The van der Waals surface area contributed by atoms with Gasteiger partial charge >= 0.3 is 0 Å². The lowest BCUT2D eigenvalue weighted by Crippen LogP contribution is -2.19. The number of benzene rings is 1. The van der Waals surface area contributed by atoms with Gasteiger partial charge in [0.15, 0.2) is 0 Å². The molecule has 1 aliphatic carbocycles. The van der Waals surface area contributed by atoms with Crippen LogP contribution in [-0.2, 0) is 6.42 Å². The Morgan fingerprint density at radius 1 is 0.889 bits per heavy atom. The van der Waals surface area contributed by atoms with Gasteiger partial charge in [-0.05, 0) is 73.4 Å². The molecule has 2 aromatic rings. The van der Waals surface area contributed by atoms with Crippen LogP contribution in [0.25, 0.3) is 11.3 Å². The number of rotatable bonds is 9. The number of aromatic nitrogens is 1. The van der Waals surface area contributed by atoms with E-state index in [9.17, 15) is 0 Å². The van der Waals surface area contributed by atoms with Gasteiger partial charge in [0, 0.05) is 11.8 Å². The third-order valence-corrected chi connectivity index (χ3v) is 6.07. The fraction of sp³-hybridized carbons (Fsp3) is 0.560. The molecule has 1 aromatic heterocycles. The maximum atomic E-state index is 6.06. The molecule has 1 heterocycles. The fourth-order valence-electron chi connectivity index (χ4n) is 4.06. The van der Waals surface area contributed by atoms with Crippen LogP contribution in [-0.4, -0.2) is 11.6 Å². The minimum atomic E-state index is 0.731. The Hall–Kier alpha value is -1.83. The average molecular weight is 366 g/mol. The van der Waals surface area contributed by atoms with Crippen LogP contribution in [0.1, 0.15) is 70.8 Å². The Morgan fingerprint density at radius 3 is 2.26 bits per heavy atom. The van der Waals surface area contributed by atoms with Crippen LogP contribution in [0.4, 0.5) is 0 Å². The number of hydrogen-bond donors (Lipinski definition) is 0. The molecule has 0 bridgehead atoms. The highest BCUT2D eigenvalue weighted by atomic mass is 16.5. The summed E-state index contributed by atoms with van der Waals surface area (Å²) in [6.45, 7) is 5.42. The number of pyridine rings is 1. The summed E-state index contributed by atoms with van der Waals surface area (Å²) in [5.41, 5.74) is 3.54. The molecule has 0 N–H and O–H groups in total. The molecule has 2 heteroatoms. The molecule has 146 valence electrons. The summed E-state index contributed by atoms with van der Waals surface area (Å²) in [6, 6.07) is 12.8. The Morgan fingerprint density at radius 2 is 1.63 bits per heavy atom. The van der Waals surface area contributed by atoms with Gasteiger partial charge in [-0.2, -0.15) is 0 Å². The number of ether oxygens (including phenoxy) is 1. The van der Waals surface area contributed by atoms with Gasteiger partial charge in [0.1, 0.15) is 5.75 Å². The van der Waals surface area contributed by atoms with Crippen molar-refractivity contribution in [1.82, 2.24) is 4.98 Å². The molecule has 27 heavy (non-hydrogen) atoms. The predicted octanol–water partition coefficient (Wildman–Crippen LogP) is 7.08. The lowest BCUT2D eigenvalue weighted by Gasteiger charge is -2.27. The van der Waals surface area contributed by atoms with Crippen molar-refractivity contribution in [3.63, 3.8) is 0 Å². The molecule has 1 saturated carbocycles. The van der Waals surface area contributed by atoms with Crippen LogP contribution >= 0.6 is 0 Å². The van der Waals surface area contributed by atoms with Crippen molar-refractivity contribution in [2.75, 3.05) is 6.61 Å².